The number of rotatable bonds is 5. The molecule has 7 heteroatoms. The van der Waals surface area contributed by atoms with Gasteiger partial charge in [-0.05, 0) is 17.9 Å². The minimum absolute atomic E-state index is 0.0127. The maximum atomic E-state index is 10.7. The number of aromatic nitrogens is 2. The average molecular weight is 252 g/mol. The lowest BCUT2D eigenvalue weighted by atomic mass is 10.3. The summed E-state index contributed by atoms with van der Waals surface area (Å²) in [6.45, 7) is 0.637. The van der Waals surface area contributed by atoms with E-state index in [2.05, 4.69) is 10.4 Å². The second kappa shape index (κ2) is 4.96. The summed E-state index contributed by atoms with van der Waals surface area (Å²) in [6, 6.07) is 4.03. The van der Waals surface area contributed by atoms with Crippen molar-refractivity contribution in [2.45, 2.75) is 6.42 Å². The van der Waals surface area contributed by atoms with Crippen molar-refractivity contribution in [1.29, 1.82) is 0 Å². The van der Waals surface area contributed by atoms with Gasteiger partial charge in [0.15, 0.2) is 0 Å². The predicted molar refractivity (Wildman–Crippen MR) is 66.4 cm³/mol. The summed E-state index contributed by atoms with van der Waals surface area (Å²) in [6.07, 6.45) is 2.23. The van der Waals surface area contributed by atoms with Crippen LogP contribution in [-0.2, 0) is 13.5 Å². The summed E-state index contributed by atoms with van der Waals surface area (Å²) < 4.78 is 1.44. The first kappa shape index (κ1) is 11.6. The van der Waals surface area contributed by atoms with Crippen LogP contribution in [0.1, 0.15) is 4.88 Å². The third-order valence-corrected chi connectivity index (χ3v) is 3.19. The number of nitro groups is 1. The Labute approximate surface area is 102 Å². The standard InChI is InChI=1S/C10H12N4O2S/c1-13-7-9(14(15)16)10(12-13)11-5-4-8-3-2-6-17-8/h2-3,6-7H,4-5H2,1H3,(H,11,12). The molecular formula is C10H12N4O2S. The van der Waals surface area contributed by atoms with Crippen molar-refractivity contribution in [3.8, 4) is 0 Å². The Balaban J connectivity index is 1.96. The Hall–Kier alpha value is -1.89. The van der Waals surface area contributed by atoms with E-state index in [-0.39, 0.29) is 5.69 Å². The molecule has 2 aromatic rings. The monoisotopic (exact) mass is 252 g/mol. The molecule has 0 radical (unpaired) electrons. The molecular weight excluding hydrogens is 240 g/mol. The van der Waals surface area contributed by atoms with Crippen molar-refractivity contribution in [3.63, 3.8) is 0 Å². The van der Waals surface area contributed by atoms with Crippen LogP contribution in [0.25, 0.3) is 0 Å². The maximum absolute atomic E-state index is 10.7. The van der Waals surface area contributed by atoms with E-state index >= 15 is 0 Å². The second-order valence-corrected chi connectivity index (χ2v) is 4.58. The van der Waals surface area contributed by atoms with Crippen molar-refractivity contribution in [2.75, 3.05) is 11.9 Å². The van der Waals surface area contributed by atoms with Gasteiger partial charge in [0, 0.05) is 18.5 Å². The summed E-state index contributed by atoms with van der Waals surface area (Å²) in [5, 5.41) is 19.8. The average Bonchev–Trinajstić information content (AvgIpc) is 2.88. The van der Waals surface area contributed by atoms with Gasteiger partial charge >= 0.3 is 5.69 Å². The molecule has 2 heterocycles. The first-order valence-electron chi connectivity index (χ1n) is 5.11. The number of hydrogen-bond donors (Lipinski definition) is 1. The molecule has 1 N–H and O–H groups in total. The number of aryl methyl sites for hydroxylation is 1. The Morgan fingerprint density at radius 2 is 2.47 bits per heavy atom. The van der Waals surface area contributed by atoms with Crippen LogP contribution >= 0.6 is 11.3 Å². The summed E-state index contributed by atoms with van der Waals surface area (Å²) in [7, 11) is 1.66. The minimum Gasteiger partial charge on any atom is -0.363 e. The zero-order valence-corrected chi connectivity index (χ0v) is 10.1. The highest BCUT2D eigenvalue weighted by Crippen LogP contribution is 2.21. The SMILES string of the molecule is Cn1cc([N+](=O)[O-])c(NCCc2cccs2)n1. The van der Waals surface area contributed by atoms with Crippen LogP contribution < -0.4 is 5.32 Å². The highest BCUT2D eigenvalue weighted by Gasteiger charge is 2.17. The largest absolute Gasteiger partial charge is 0.363 e. The third-order valence-electron chi connectivity index (χ3n) is 2.25. The van der Waals surface area contributed by atoms with Gasteiger partial charge in [0.05, 0.1) is 4.92 Å². The first-order chi connectivity index (χ1) is 8.16. The number of hydrogen-bond acceptors (Lipinski definition) is 5. The highest BCUT2D eigenvalue weighted by atomic mass is 32.1. The number of anilines is 1. The van der Waals surface area contributed by atoms with E-state index < -0.39 is 4.92 Å². The molecule has 0 bridgehead atoms. The van der Waals surface area contributed by atoms with Crippen molar-refractivity contribution >= 4 is 22.8 Å². The molecule has 90 valence electrons. The quantitative estimate of drug-likeness (QED) is 0.653. The molecule has 6 nitrogen and oxygen atoms in total. The van der Waals surface area contributed by atoms with Crippen LogP contribution in [0.3, 0.4) is 0 Å². The fourth-order valence-electron chi connectivity index (χ4n) is 1.49. The highest BCUT2D eigenvalue weighted by molar-refractivity contribution is 7.09. The van der Waals surface area contributed by atoms with Crippen molar-refractivity contribution < 1.29 is 4.92 Å². The lowest BCUT2D eigenvalue weighted by Gasteiger charge is -2.00. The van der Waals surface area contributed by atoms with Crippen molar-refractivity contribution in [2.24, 2.45) is 7.05 Å². The van der Waals surface area contributed by atoms with Crippen LogP contribution in [0.15, 0.2) is 23.7 Å². The smallest absolute Gasteiger partial charge is 0.330 e. The lowest BCUT2D eigenvalue weighted by Crippen LogP contribution is -2.06. The predicted octanol–water partition coefficient (Wildman–Crippen LogP) is 2.04. The molecule has 0 atom stereocenters. The Morgan fingerprint density at radius 3 is 3.12 bits per heavy atom. The molecule has 0 aliphatic carbocycles. The van der Waals surface area contributed by atoms with E-state index in [1.54, 1.807) is 18.4 Å². The summed E-state index contributed by atoms with van der Waals surface area (Å²) in [5.41, 5.74) is 0.0127. The van der Waals surface area contributed by atoms with Gasteiger partial charge in [-0.1, -0.05) is 6.07 Å². The Morgan fingerprint density at radius 1 is 1.65 bits per heavy atom. The van der Waals surface area contributed by atoms with Gasteiger partial charge in [-0.15, -0.1) is 16.4 Å². The molecule has 0 unspecified atom stereocenters. The van der Waals surface area contributed by atoms with Crippen LogP contribution in [0, 0.1) is 10.1 Å². The van der Waals surface area contributed by atoms with Gasteiger partial charge in [0.2, 0.25) is 5.82 Å². The Bertz CT molecular complexity index is 506. The van der Waals surface area contributed by atoms with E-state index in [1.165, 1.54) is 15.8 Å². The molecule has 0 saturated carbocycles. The molecule has 17 heavy (non-hydrogen) atoms. The van der Waals surface area contributed by atoms with Gasteiger partial charge < -0.3 is 5.32 Å². The molecule has 2 rings (SSSR count). The molecule has 2 aromatic heterocycles. The molecule has 0 aromatic carbocycles. The summed E-state index contributed by atoms with van der Waals surface area (Å²) in [4.78, 5) is 11.6. The van der Waals surface area contributed by atoms with E-state index in [0.29, 0.717) is 12.4 Å². The summed E-state index contributed by atoms with van der Waals surface area (Å²) in [5.74, 6) is 0.328. The van der Waals surface area contributed by atoms with Gasteiger partial charge in [-0.2, -0.15) is 0 Å². The van der Waals surface area contributed by atoms with Crippen LogP contribution in [0.2, 0.25) is 0 Å². The molecule has 0 saturated heterocycles. The molecule has 0 fully saturated rings. The third kappa shape index (κ3) is 2.82. The van der Waals surface area contributed by atoms with Gasteiger partial charge in [-0.25, -0.2) is 0 Å². The number of nitrogens with one attached hydrogen (secondary N) is 1. The normalized spacial score (nSPS) is 10.4. The zero-order chi connectivity index (χ0) is 12.3. The molecule has 0 amide bonds. The van der Waals surface area contributed by atoms with E-state index in [1.807, 2.05) is 17.5 Å². The van der Waals surface area contributed by atoms with Crippen molar-refractivity contribution in [1.82, 2.24) is 9.78 Å². The van der Waals surface area contributed by atoms with Gasteiger partial charge in [0.1, 0.15) is 6.20 Å². The number of nitrogens with zero attached hydrogens (tertiary/aromatic N) is 3. The fourth-order valence-corrected chi connectivity index (χ4v) is 2.20. The van der Waals surface area contributed by atoms with Gasteiger partial charge in [-0.3, -0.25) is 14.8 Å². The van der Waals surface area contributed by atoms with E-state index in [9.17, 15) is 10.1 Å². The van der Waals surface area contributed by atoms with Gasteiger partial charge in [0.25, 0.3) is 0 Å². The fraction of sp³-hybridized carbons (Fsp3) is 0.300. The van der Waals surface area contributed by atoms with Crippen LogP contribution in [-0.4, -0.2) is 21.2 Å². The second-order valence-electron chi connectivity index (χ2n) is 3.55. The first-order valence-corrected chi connectivity index (χ1v) is 5.99. The van der Waals surface area contributed by atoms with Crippen LogP contribution in [0.5, 0.6) is 0 Å². The minimum atomic E-state index is -0.430. The number of thiophene rings is 1. The Kier molecular flexibility index (Phi) is 3.38. The van der Waals surface area contributed by atoms with Crippen LogP contribution in [0.4, 0.5) is 11.5 Å². The molecule has 0 spiro atoms. The van der Waals surface area contributed by atoms with Crippen molar-refractivity contribution in [3.05, 3.63) is 38.7 Å². The molecule has 0 aliphatic rings. The molecule has 0 aliphatic heterocycles. The zero-order valence-electron chi connectivity index (χ0n) is 9.29. The van der Waals surface area contributed by atoms with E-state index in [0.717, 1.165) is 6.42 Å². The topological polar surface area (TPSA) is 73.0 Å². The summed E-state index contributed by atoms with van der Waals surface area (Å²) >= 11 is 1.67. The lowest BCUT2D eigenvalue weighted by molar-refractivity contribution is -0.384. The van der Waals surface area contributed by atoms with E-state index in [4.69, 9.17) is 0 Å². The maximum Gasteiger partial charge on any atom is 0.330 e.